The molecule has 1 fully saturated rings. The van der Waals surface area contributed by atoms with Gasteiger partial charge in [-0.25, -0.2) is 4.98 Å². The van der Waals surface area contributed by atoms with E-state index in [2.05, 4.69) is 27.8 Å². The third-order valence-corrected chi connectivity index (χ3v) is 5.66. The summed E-state index contributed by atoms with van der Waals surface area (Å²) in [4.78, 5) is 19.2. The van der Waals surface area contributed by atoms with E-state index in [0.717, 1.165) is 54.5 Å². The lowest BCUT2D eigenvalue weighted by Gasteiger charge is -2.19. The van der Waals surface area contributed by atoms with Crippen LogP contribution in [0.4, 0.5) is 0 Å². The van der Waals surface area contributed by atoms with E-state index in [1.165, 1.54) is 11.8 Å². The summed E-state index contributed by atoms with van der Waals surface area (Å²) in [5, 5.41) is 10.1. The van der Waals surface area contributed by atoms with Crippen LogP contribution >= 0.6 is 11.8 Å². The number of aromatic nitrogens is 4. The zero-order valence-electron chi connectivity index (χ0n) is 14.5. The number of nitrogens with zero attached hydrogens (tertiary/aromatic N) is 5. The average Bonchev–Trinajstić information content (AvgIpc) is 3.27. The van der Waals surface area contributed by atoms with Gasteiger partial charge in [-0.3, -0.25) is 4.79 Å². The number of fused-ring (bicyclic) bond motifs is 3. The lowest BCUT2D eigenvalue weighted by molar-refractivity contribution is -0.129. The molecule has 0 bridgehead atoms. The minimum Gasteiger partial charge on any atom is -0.342 e. The van der Waals surface area contributed by atoms with Gasteiger partial charge in [0.15, 0.2) is 5.65 Å². The third kappa shape index (κ3) is 2.86. The van der Waals surface area contributed by atoms with Crippen molar-refractivity contribution >= 4 is 39.7 Å². The molecular formula is C18H21N5OS. The molecule has 1 unspecified atom stereocenters. The molecule has 0 aliphatic carbocycles. The Hall–Kier alpha value is -2.15. The van der Waals surface area contributed by atoms with Gasteiger partial charge in [-0.05, 0) is 32.8 Å². The van der Waals surface area contributed by atoms with Gasteiger partial charge in [-0.15, -0.1) is 10.2 Å². The summed E-state index contributed by atoms with van der Waals surface area (Å²) in [5.41, 5.74) is 2.77. The van der Waals surface area contributed by atoms with Gasteiger partial charge in [-0.2, -0.15) is 0 Å². The Balaban J connectivity index is 1.66. The molecule has 1 amide bonds. The second kappa shape index (κ2) is 6.63. The quantitative estimate of drug-likeness (QED) is 0.673. The Morgan fingerprint density at radius 2 is 2.00 bits per heavy atom. The van der Waals surface area contributed by atoms with E-state index in [-0.39, 0.29) is 11.2 Å². The van der Waals surface area contributed by atoms with Gasteiger partial charge in [-0.1, -0.05) is 30.0 Å². The Bertz CT molecular complexity index is 932. The molecule has 130 valence electrons. The Morgan fingerprint density at radius 1 is 1.24 bits per heavy atom. The standard InChI is InChI=1S/C18H21N5OS/c1-3-23-14-9-5-4-8-13(14)15-16(23)19-18(21-20-15)25-12(2)17(24)22-10-6-7-11-22/h4-5,8-9,12H,3,6-7,10-11H2,1-2H3. The molecule has 3 aromatic rings. The summed E-state index contributed by atoms with van der Waals surface area (Å²) < 4.78 is 2.15. The van der Waals surface area contributed by atoms with Crippen molar-refractivity contribution in [2.75, 3.05) is 13.1 Å². The first-order valence-corrected chi connectivity index (χ1v) is 9.64. The number of aryl methyl sites for hydroxylation is 1. The fourth-order valence-electron chi connectivity index (χ4n) is 3.46. The van der Waals surface area contributed by atoms with Gasteiger partial charge in [0.1, 0.15) is 5.52 Å². The van der Waals surface area contributed by atoms with Gasteiger partial charge in [0.05, 0.1) is 10.8 Å². The number of carbonyl (C=O) groups is 1. The topological polar surface area (TPSA) is 63.9 Å². The summed E-state index contributed by atoms with van der Waals surface area (Å²) in [6.07, 6.45) is 2.20. The SMILES string of the molecule is CCn1c2ccccc2c2nnc(SC(C)C(=O)N3CCCC3)nc21. The van der Waals surface area contributed by atoms with Crippen molar-refractivity contribution < 1.29 is 4.79 Å². The van der Waals surface area contributed by atoms with Crippen LogP contribution in [-0.2, 0) is 11.3 Å². The minimum atomic E-state index is -0.197. The number of carbonyl (C=O) groups excluding carboxylic acids is 1. The molecular weight excluding hydrogens is 334 g/mol. The lowest BCUT2D eigenvalue weighted by Crippen LogP contribution is -2.34. The zero-order valence-corrected chi connectivity index (χ0v) is 15.3. The minimum absolute atomic E-state index is 0.169. The Morgan fingerprint density at radius 3 is 2.76 bits per heavy atom. The number of amides is 1. The summed E-state index contributed by atoms with van der Waals surface area (Å²) in [6, 6.07) is 8.15. The maximum absolute atomic E-state index is 12.5. The van der Waals surface area contributed by atoms with E-state index in [1.54, 1.807) is 0 Å². The first-order chi connectivity index (χ1) is 12.2. The van der Waals surface area contributed by atoms with E-state index in [9.17, 15) is 4.79 Å². The number of thioether (sulfide) groups is 1. The molecule has 0 radical (unpaired) electrons. The van der Waals surface area contributed by atoms with Crippen molar-refractivity contribution in [3.05, 3.63) is 24.3 Å². The molecule has 1 saturated heterocycles. The van der Waals surface area contributed by atoms with Crippen molar-refractivity contribution in [1.82, 2.24) is 24.6 Å². The third-order valence-electron chi connectivity index (χ3n) is 4.72. The highest BCUT2D eigenvalue weighted by molar-refractivity contribution is 8.00. The number of hydrogen-bond acceptors (Lipinski definition) is 5. The van der Waals surface area contributed by atoms with E-state index < -0.39 is 0 Å². The fourth-order valence-corrected chi connectivity index (χ4v) is 4.26. The monoisotopic (exact) mass is 355 g/mol. The van der Waals surface area contributed by atoms with Crippen LogP contribution in [-0.4, -0.2) is 48.9 Å². The average molecular weight is 355 g/mol. The van der Waals surface area contributed by atoms with Gasteiger partial charge < -0.3 is 9.47 Å². The number of para-hydroxylation sites is 1. The molecule has 1 aliphatic heterocycles. The van der Waals surface area contributed by atoms with Gasteiger partial charge in [0.25, 0.3) is 0 Å². The van der Waals surface area contributed by atoms with Crippen LogP contribution in [0.25, 0.3) is 22.1 Å². The van der Waals surface area contributed by atoms with E-state index in [1.807, 2.05) is 30.0 Å². The zero-order chi connectivity index (χ0) is 17.4. The van der Waals surface area contributed by atoms with Crippen LogP contribution in [0, 0.1) is 0 Å². The van der Waals surface area contributed by atoms with Crippen molar-refractivity contribution in [2.45, 2.75) is 43.6 Å². The highest BCUT2D eigenvalue weighted by atomic mass is 32.2. The largest absolute Gasteiger partial charge is 0.342 e. The molecule has 3 heterocycles. The second-order valence-corrected chi connectivity index (χ2v) is 7.63. The molecule has 0 N–H and O–H groups in total. The normalized spacial score (nSPS) is 16.0. The molecule has 25 heavy (non-hydrogen) atoms. The molecule has 1 aromatic carbocycles. The summed E-state index contributed by atoms with van der Waals surface area (Å²) >= 11 is 1.39. The fraction of sp³-hybridized carbons (Fsp3) is 0.444. The number of likely N-dealkylation sites (tertiary alicyclic amines) is 1. The second-order valence-electron chi connectivity index (χ2n) is 6.32. The smallest absolute Gasteiger partial charge is 0.235 e. The molecule has 0 spiro atoms. The number of benzene rings is 1. The van der Waals surface area contributed by atoms with Crippen molar-refractivity contribution in [3.8, 4) is 0 Å². The number of hydrogen-bond donors (Lipinski definition) is 0. The van der Waals surface area contributed by atoms with Crippen LogP contribution in [0.5, 0.6) is 0 Å². The van der Waals surface area contributed by atoms with Crippen LogP contribution in [0.2, 0.25) is 0 Å². The first kappa shape index (κ1) is 16.3. The highest BCUT2D eigenvalue weighted by Crippen LogP contribution is 2.28. The van der Waals surface area contributed by atoms with Crippen molar-refractivity contribution in [3.63, 3.8) is 0 Å². The number of rotatable bonds is 4. The van der Waals surface area contributed by atoms with Gasteiger partial charge >= 0.3 is 0 Å². The maximum atomic E-state index is 12.5. The van der Waals surface area contributed by atoms with Crippen LogP contribution < -0.4 is 0 Å². The van der Waals surface area contributed by atoms with E-state index in [4.69, 9.17) is 4.98 Å². The first-order valence-electron chi connectivity index (χ1n) is 8.76. The molecule has 7 heteroatoms. The predicted octanol–water partition coefficient (Wildman–Crippen LogP) is 3.10. The summed E-state index contributed by atoms with van der Waals surface area (Å²) in [7, 11) is 0. The van der Waals surface area contributed by atoms with Crippen LogP contribution in [0.15, 0.2) is 29.4 Å². The Labute approximate surface area is 150 Å². The molecule has 1 atom stereocenters. The highest BCUT2D eigenvalue weighted by Gasteiger charge is 2.25. The molecule has 2 aromatic heterocycles. The molecule has 0 saturated carbocycles. The van der Waals surface area contributed by atoms with Gasteiger partial charge in [0, 0.05) is 25.0 Å². The lowest BCUT2D eigenvalue weighted by atomic mass is 10.2. The van der Waals surface area contributed by atoms with Gasteiger partial charge in [0.2, 0.25) is 11.1 Å². The summed E-state index contributed by atoms with van der Waals surface area (Å²) in [6.45, 7) is 6.57. The van der Waals surface area contributed by atoms with Crippen LogP contribution in [0.1, 0.15) is 26.7 Å². The molecule has 6 nitrogen and oxygen atoms in total. The predicted molar refractivity (Wildman–Crippen MR) is 99.6 cm³/mol. The van der Waals surface area contributed by atoms with Crippen LogP contribution in [0.3, 0.4) is 0 Å². The molecule has 1 aliphatic rings. The summed E-state index contributed by atoms with van der Waals surface area (Å²) in [5.74, 6) is 0.169. The van der Waals surface area contributed by atoms with E-state index >= 15 is 0 Å². The van der Waals surface area contributed by atoms with Crippen molar-refractivity contribution in [1.29, 1.82) is 0 Å². The maximum Gasteiger partial charge on any atom is 0.235 e. The van der Waals surface area contributed by atoms with E-state index in [0.29, 0.717) is 5.16 Å². The van der Waals surface area contributed by atoms with Crippen molar-refractivity contribution in [2.24, 2.45) is 0 Å². The molecule has 4 rings (SSSR count). The Kier molecular flexibility index (Phi) is 4.33.